The molecule has 0 amide bonds. The first-order valence-corrected chi connectivity index (χ1v) is 4.17. The molecule has 0 aliphatic rings. The molecular formula is C9H10F2N2O2. The van der Waals surface area contributed by atoms with Crippen molar-refractivity contribution in [2.75, 3.05) is 6.61 Å². The summed E-state index contributed by atoms with van der Waals surface area (Å²) in [6.07, 6.45) is 0.131. The van der Waals surface area contributed by atoms with Crippen LogP contribution >= 0.6 is 0 Å². The average molecular weight is 216 g/mol. The van der Waals surface area contributed by atoms with Gasteiger partial charge in [0.1, 0.15) is 11.7 Å². The van der Waals surface area contributed by atoms with E-state index in [-0.39, 0.29) is 24.6 Å². The number of nitrogens with zero attached hydrogens (tertiary/aromatic N) is 1. The number of hydrogen-bond donors (Lipinski definition) is 2. The van der Waals surface area contributed by atoms with E-state index in [0.717, 1.165) is 18.2 Å². The predicted octanol–water partition coefficient (Wildman–Crippen LogP) is 1.48. The van der Waals surface area contributed by atoms with Crippen molar-refractivity contribution in [2.24, 2.45) is 10.9 Å². The van der Waals surface area contributed by atoms with Gasteiger partial charge < -0.3 is 15.7 Å². The highest BCUT2D eigenvalue weighted by atomic mass is 19.1. The van der Waals surface area contributed by atoms with Gasteiger partial charge in [-0.25, -0.2) is 8.78 Å². The number of halogens is 2. The van der Waals surface area contributed by atoms with Crippen LogP contribution in [-0.2, 0) is 0 Å². The first-order chi connectivity index (χ1) is 7.13. The molecule has 15 heavy (non-hydrogen) atoms. The van der Waals surface area contributed by atoms with Crippen LogP contribution in [0.4, 0.5) is 8.78 Å². The molecule has 0 saturated heterocycles. The van der Waals surface area contributed by atoms with Gasteiger partial charge in [-0.3, -0.25) is 0 Å². The molecule has 0 atom stereocenters. The van der Waals surface area contributed by atoms with Gasteiger partial charge in [-0.1, -0.05) is 5.16 Å². The quantitative estimate of drug-likeness (QED) is 0.346. The number of rotatable bonds is 4. The number of ether oxygens (including phenoxy) is 1. The Bertz CT molecular complexity index is 369. The molecule has 1 rings (SSSR count). The van der Waals surface area contributed by atoms with Gasteiger partial charge in [-0.05, 0) is 12.1 Å². The molecule has 0 heterocycles. The molecule has 0 spiro atoms. The van der Waals surface area contributed by atoms with Crippen LogP contribution < -0.4 is 10.5 Å². The van der Waals surface area contributed by atoms with Crippen molar-refractivity contribution in [3.05, 3.63) is 29.8 Å². The Hall–Kier alpha value is -1.85. The third-order valence-electron chi connectivity index (χ3n) is 1.64. The Labute approximate surface area is 85.0 Å². The zero-order valence-corrected chi connectivity index (χ0v) is 7.78. The van der Waals surface area contributed by atoms with Gasteiger partial charge >= 0.3 is 0 Å². The number of hydrogen-bond acceptors (Lipinski definition) is 3. The topological polar surface area (TPSA) is 67.8 Å². The Balaban J connectivity index is 2.54. The number of oxime groups is 1. The summed E-state index contributed by atoms with van der Waals surface area (Å²) in [6.45, 7) is 0.0102. The van der Waals surface area contributed by atoms with Crippen LogP contribution in [-0.4, -0.2) is 17.6 Å². The maximum absolute atomic E-state index is 13.0. The second kappa shape index (κ2) is 5.14. The van der Waals surface area contributed by atoms with Crippen molar-refractivity contribution in [3.8, 4) is 5.75 Å². The molecule has 82 valence electrons. The molecule has 0 saturated carbocycles. The summed E-state index contributed by atoms with van der Waals surface area (Å²) in [7, 11) is 0. The molecule has 0 radical (unpaired) electrons. The van der Waals surface area contributed by atoms with E-state index in [2.05, 4.69) is 5.16 Å². The molecule has 0 aromatic heterocycles. The minimum Gasteiger partial charge on any atom is -0.490 e. The first-order valence-electron chi connectivity index (χ1n) is 4.17. The predicted molar refractivity (Wildman–Crippen MR) is 49.9 cm³/mol. The molecular weight excluding hydrogens is 206 g/mol. The van der Waals surface area contributed by atoms with E-state index in [1.165, 1.54) is 0 Å². The fraction of sp³-hybridized carbons (Fsp3) is 0.222. The second-order valence-corrected chi connectivity index (χ2v) is 2.76. The summed E-state index contributed by atoms with van der Waals surface area (Å²) in [5.74, 6) is -1.47. The molecule has 1 aromatic carbocycles. The molecule has 0 aliphatic carbocycles. The van der Waals surface area contributed by atoms with Crippen LogP contribution in [0.5, 0.6) is 5.75 Å². The molecule has 4 nitrogen and oxygen atoms in total. The van der Waals surface area contributed by atoms with Crippen LogP contribution in [0.3, 0.4) is 0 Å². The summed E-state index contributed by atoms with van der Waals surface area (Å²) in [5, 5.41) is 10.9. The van der Waals surface area contributed by atoms with Gasteiger partial charge in [0, 0.05) is 12.5 Å². The zero-order chi connectivity index (χ0) is 11.3. The van der Waals surface area contributed by atoms with Gasteiger partial charge in [0.2, 0.25) is 0 Å². The highest BCUT2D eigenvalue weighted by molar-refractivity contribution is 5.79. The van der Waals surface area contributed by atoms with Gasteiger partial charge in [0.15, 0.2) is 11.6 Å². The molecule has 0 aliphatic heterocycles. The fourth-order valence-corrected chi connectivity index (χ4v) is 0.903. The number of amidine groups is 1. The highest BCUT2D eigenvalue weighted by Gasteiger charge is 2.04. The first kappa shape index (κ1) is 11.2. The summed E-state index contributed by atoms with van der Waals surface area (Å²) in [6, 6.07) is 2.89. The van der Waals surface area contributed by atoms with Crippen LogP contribution in [0.1, 0.15) is 6.42 Å². The highest BCUT2D eigenvalue weighted by Crippen LogP contribution is 2.17. The smallest absolute Gasteiger partial charge is 0.165 e. The van der Waals surface area contributed by atoms with Crippen molar-refractivity contribution in [3.63, 3.8) is 0 Å². The lowest BCUT2D eigenvalue weighted by Crippen LogP contribution is -2.15. The molecule has 0 unspecified atom stereocenters. The van der Waals surface area contributed by atoms with E-state index in [4.69, 9.17) is 15.7 Å². The van der Waals surface area contributed by atoms with E-state index >= 15 is 0 Å². The Morgan fingerprint density at radius 3 is 2.87 bits per heavy atom. The van der Waals surface area contributed by atoms with Crippen molar-refractivity contribution in [1.29, 1.82) is 0 Å². The molecule has 3 N–H and O–H groups in total. The fourth-order valence-electron chi connectivity index (χ4n) is 0.903. The molecule has 1 aromatic rings. The summed E-state index contributed by atoms with van der Waals surface area (Å²) >= 11 is 0. The normalized spacial score (nSPS) is 11.5. The summed E-state index contributed by atoms with van der Waals surface area (Å²) < 4.78 is 30.5. The van der Waals surface area contributed by atoms with Gasteiger partial charge in [-0.15, -0.1) is 0 Å². The van der Waals surface area contributed by atoms with E-state index in [1.54, 1.807) is 0 Å². The number of nitrogens with two attached hydrogens (primary N) is 1. The lowest BCUT2D eigenvalue weighted by Gasteiger charge is -2.06. The second-order valence-electron chi connectivity index (χ2n) is 2.76. The third kappa shape index (κ3) is 3.41. The van der Waals surface area contributed by atoms with Crippen molar-refractivity contribution in [2.45, 2.75) is 6.42 Å². The number of benzene rings is 1. The summed E-state index contributed by atoms with van der Waals surface area (Å²) in [4.78, 5) is 0. The minimum absolute atomic E-state index is 0.0102. The van der Waals surface area contributed by atoms with Gasteiger partial charge in [0.05, 0.1) is 6.61 Å². The average Bonchev–Trinajstić information content (AvgIpc) is 2.23. The summed E-state index contributed by atoms with van der Waals surface area (Å²) in [5.41, 5.74) is 5.16. The third-order valence-corrected chi connectivity index (χ3v) is 1.64. The van der Waals surface area contributed by atoms with Crippen molar-refractivity contribution in [1.82, 2.24) is 0 Å². The zero-order valence-electron chi connectivity index (χ0n) is 7.78. The Morgan fingerprint density at radius 1 is 1.47 bits per heavy atom. The van der Waals surface area contributed by atoms with E-state index in [0.29, 0.717) is 0 Å². The van der Waals surface area contributed by atoms with Crippen molar-refractivity contribution >= 4 is 5.84 Å². The maximum Gasteiger partial charge on any atom is 0.165 e. The lowest BCUT2D eigenvalue weighted by molar-refractivity contribution is 0.297. The van der Waals surface area contributed by atoms with E-state index in [9.17, 15) is 8.78 Å². The minimum atomic E-state index is -0.657. The van der Waals surface area contributed by atoms with Crippen LogP contribution in [0.2, 0.25) is 0 Å². The van der Waals surface area contributed by atoms with E-state index < -0.39 is 11.6 Å². The molecule has 0 fully saturated rings. The Morgan fingerprint density at radius 2 is 2.20 bits per heavy atom. The van der Waals surface area contributed by atoms with Gasteiger partial charge in [-0.2, -0.15) is 0 Å². The van der Waals surface area contributed by atoms with E-state index in [1.807, 2.05) is 0 Å². The monoisotopic (exact) mass is 216 g/mol. The van der Waals surface area contributed by atoms with Crippen LogP contribution in [0.15, 0.2) is 23.4 Å². The van der Waals surface area contributed by atoms with Crippen molar-refractivity contribution < 1.29 is 18.7 Å². The van der Waals surface area contributed by atoms with Crippen LogP contribution in [0.25, 0.3) is 0 Å². The lowest BCUT2D eigenvalue weighted by atomic mass is 10.3. The Kier molecular flexibility index (Phi) is 3.84. The molecule has 0 bridgehead atoms. The van der Waals surface area contributed by atoms with Gasteiger partial charge in [0.25, 0.3) is 0 Å². The SMILES string of the molecule is NC(CCOc1cc(F)ccc1F)=NO. The standard InChI is InChI=1S/C9H10F2N2O2/c10-6-1-2-7(11)8(5-6)15-4-3-9(12)13-14/h1-2,5,14H,3-4H2,(H2,12,13). The maximum atomic E-state index is 13.0. The van der Waals surface area contributed by atoms with Crippen LogP contribution in [0, 0.1) is 11.6 Å². The molecule has 6 heteroatoms. The largest absolute Gasteiger partial charge is 0.490 e.